The number of anilines is 3. The van der Waals surface area contributed by atoms with Crippen molar-refractivity contribution < 1.29 is 37.3 Å². The number of ether oxygens (including phenoxy) is 6. The molecule has 12 heterocycles. The molecule has 3 aromatic carbocycles. The van der Waals surface area contributed by atoms with Crippen molar-refractivity contribution in [2.45, 2.75) is 136 Å². The summed E-state index contributed by atoms with van der Waals surface area (Å²) in [5, 5.41) is 3.26. The quantitative estimate of drug-likeness (QED) is 0.0422. The second-order valence-corrected chi connectivity index (χ2v) is 32.8. The molecule has 0 saturated carbocycles. The number of pyridine rings is 3. The van der Waals surface area contributed by atoms with Gasteiger partial charge >= 0.3 is 0 Å². The Balaban J connectivity index is 0.000000147. The number of aryl methyl sites for hydroxylation is 4. The van der Waals surface area contributed by atoms with Crippen LogP contribution in [0.1, 0.15) is 126 Å². The number of benzene rings is 3. The van der Waals surface area contributed by atoms with Crippen LogP contribution in [0.3, 0.4) is 0 Å². The predicted molar refractivity (Wildman–Crippen MR) is 457 cm³/mol. The van der Waals surface area contributed by atoms with Gasteiger partial charge in [0.1, 0.15) is 23.0 Å². The summed E-state index contributed by atoms with van der Waals surface area (Å²) in [6, 6.07) is 30.0. The fraction of sp³-hybridized carbons (Fsp3) is 0.571. The van der Waals surface area contributed by atoms with Crippen LogP contribution in [0.2, 0.25) is 0 Å². The van der Waals surface area contributed by atoms with Crippen LogP contribution in [-0.4, -0.2) is 250 Å². The van der Waals surface area contributed by atoms with Crippen molar-refractivity contribution in [1.82, 2.24) is 49.3 Å². The maximum atomic E-state index is 6.27. The lowest BCUT2D eigenvalue weighted by molar-refractivity contribution is 0.222. The maximum absolute atomic E-state index is 6.27. The SMILES string of the molecule is CCc1ccc(-c2cc(N(C)CC3CCN(C)CC3)c3cc(OC)c(OCCCN4CCCC4)cc3n2)o1.COc1cc2c(N(C)C3CCN(C)CC3)cc(-c3cc(C)oc3C)nc2cc1OCCCN1CCCC1.COc1cc2c(N(C)CC3CCN(C)CC3)cc(-c3ccc(C)[nH]3)nc2cc1OCCCN1CCCC1. The molecule has 6 aliphatic heterocycles. The Bertz CT molecular complexity index is 4470. The third kappa shape index (κ3) is 21.0. The van der Waals surface area contributed by atoms with Gasteiger partial charge in [0.2, 0.25) is 0 Å². The monoisotopic (exact) mass is 1530 g/mol. The average Bonchev–Trinajstić information content (AvgIpc) is 1.19. The number of nitrogens with one attached hydrogen (secondary N) is 1. The molecule has 606 valence electrons. The van der Waals surface area contributed by atoms with Gasteiger partial charge in [0.25, 0.3) is 0 Å². The predicted octanol–water partition coefficient (Wildman–Crippen LogP) is 16.4. The summed E-state index contributed by atoms with van der Waals surface area (Å²) in [7, 11) is 18.4. The van der Waals surface area contributed by atoms with Crippen LogP contribution >= 0.6 is 0 Å². The number of methoxy groups -OCH3 is 3. The first-order chi connectivity index (χ1) is 54.5. The molecule has 6 saturated heterocycles. The molecule has 9 aromatic rings. The number of aromatic amines is 1. The highest BCUT2D eigenvalue weighted by Crippen LogP contribution is 2.44. The Morgan fingerprint density at radius 2 is 0.857 bits per heavy atom. The second kappa shape index (κ2) is 39.2. The Morgan fingerprint density at radius 3 is 1.26 bits per heavy atom. The second-order valence-electron chi connectivity index (χ2n) is 32.8. The van der Waals surface area contributed by atoms with E-state index < -0.39 is 0 Å². The van der Waals surface area contributed by atoms with E-state index in [2.05, 4.69) is 172 Å². The third-order valence-corrected chi connectivity index (χ3v) is 24.3. The summed E-state index contributed by atoms with van der Waals surface area (Å²) in [4.78, 5) is 40.8. The molecule has 6 aromatic heterocycles. The summed E-state index contributed by atoms with van der Waals surface area (Å²) < 4.78 is 48.2. The van der Waals surface area contributed by atoms with Gasteiger partial charge in [-0.25, -0.2) is 15.0 Å². The van der Waals surface area contributed by atoms with Crippen LogP contribution in [0.25, 0.3) is 66.8 Å². The Kier molecular flexibility index (Phi) is 28.6. The number of piperidine rings is 3. The summed E-state index contributed by atoms with van der Waals surface area (Å²) in [5.41, 5.74) is 12.2. The lowest BCUT2D eigenvalue weighted by atomic mass is 9.96. The molecule has 21 heteroatoms. The minimum absolute atomic E-state index is 0.481. The number of aromatic nitrogens is 4. The van der Waals surface area contributed by atoms with Gasteiger partial charge in [0.15, 0.2) is 40.3 Å². The number of likely N-dealkylation sites (tertiary alicyclic amines) is 6. The number of rotatable bonds is 30. The number of fused-ring (bicyclic) bond motifs is 3. The summed E-state index contributed by atoms with van der Waals surface area (Å²) in [6.45, 7) is 29.7. The molecule has 0 spiro atoms. The normalized spacial score (nSPS) is 17.5. The standard InChI is InChI=1S/C31H44N4O3.C30H43N5O2.C30H42N4O3/c1-5-24-9-10-29(38-24)27-20-28(34(3)22-23-11-16-33(2)17-12-23)25-19-30(36-4)31(21-26(25)32-27)37-18-8-15-35-13-6-7-14-35;1-22-8-9-25(31-22)27-19-28(34(3)21-23-10-15-33(2)16-11-23)24-18-29(36-4)30(20-26(24)32-27)37-17-7-14-35-12-5-6-13-35;1-21-17-24(22(2)37-21)26-19-28(33(4)23-9-14-32(3)15-10-23)25-18-29(35-5)30(20-27(25)31-26)36-16-8-13-34-11-6-7-12-34/h9-10,19-21,23H,5-8,11-18,22H2,1-4H3;8-9,18-20,23,31H,5-7,10-17,21H2,1-4H3;17-20,23H,6-16H2,1-5H3. The van der Waals surface area contributed by atoms with E-state index in [0.29, 0.717) is 37.7 Å². The minimum Gasteiger partial charge on any atom is -0.493 e. The Labute approximate surface area is 667 Å². The van der Waals surface area contributed by atoms with E-state index in [-0.39, 0.29) is 0 Å². The molecule has 21 nitrogen and oxygen atoms in total. The van der Waals surface area contributed by atoms with Crippen LogP contribution in [0.4, 0.5) is 17.1 Å². The smallest absolute Gasteiger partial charge is 0.163 e. The van der Waals surface area contributed by atoms with Crippen molar-refractivity contribution in [2.75, 3.05) is 209 Å². The molecule has 0 bridgehead atoms. The van der Waals surface area contributed by atoms with Crippen molar-refractivity contribution in [2.24, 2.45) is 11.8 Å². The van der Waals surface area contributed by atoms with E-state index in [1.54, 1.807) is 21.3 Å². The molecule has 112 heavy (non-hydrogen) atoms. The van der Waals surface area contributed by atoms with E-state index in [1.807, 2.05) is 32.0 Å². The number of furan rings is 2. The highest BCUT2D eigenvalue weighted by Gasteiger charge is 2.28. The van der Waals surface area contributed by atoms with Gasteiger partial charge < -0.3 is 86.3 Å². The topological polar surface area (TPSA) is 165 Å². The van der Waals surface area contributed by atoms with Crippen molar-refractivity contribution in [1.29, 1.82) is 0 Å². The van der Waals surface area contributed by atoms with Crippen molar-refractivity contribution >= 4 is 49.8 Å². The largest absolute Gasteiger partial charge is 0.493 e. The third-order valence-electron chi connectivity index (χ3n) is 24.3. The first-order valence-corrected chi connectivity index (χ1v) is 42.1. The molecule has 1 N–H and O–H groups in total. The average molecular weight is 1530 g/mol. The molecular weight excluding hydrogens is 1400 g/mol. The molecule has 6 aliphatic rings. The number of H-pyrrole nitrogens is 1. The Hall–Kier alpha value is -8.31. The molecule has 0 unspecified atom stereocenters. The molecule has 0 radical (unpaired) electrons. The van der Waals surface area contributed by atoms with E-state index >= 15 is 0 Å². The van der Waals surface area contributed by atoms with E-state index in [9.17, 15) is 0 Å². The van der Waals surface area contributed by atoms with Gasteiger partial charge in [-0.1, -0.05) is 6.92 Å². The maximum Gasteiger partial charge on any atom is 0.163 e. The Morgan fingerprint density at radius 1 is 0.446 bits per heavy atom. The first kappa shape index (κ1) is 81.7. The number of nitrogens with zero attached hydrogens (tertiary/aromatic N) is 12. The molecule has 0 amide bonds. The fourth-order valence-corrected chi connectivity index (χ4v) is 17.5. The lowest BCUT2D eigenvalue weighted by Crippen LogP contribution is -2.42. The summed E-state index contributed by atoms with van der Waals surface area (Å²) in [6.07, 6.45) is 19.0. The number of hydrogen-bond acceptors (Lipinski definition) is 20. The summed E-state index contributed by atoms with van der Waals surface area (Å²) >= 11 is 0. The van der Waals surface area contributed by atoms with Gasteiger partial charge in [0, 0.05) is 129 Å². The summed E-state index contributed by atoms with van der Waals surface area (Å²) in [5.74, 6) is 9.52. The van der Waals surface area contributed by atoms with Gasteiger partial charge in [0.05, 0.1) is 74.8 Å². The van der Waals surface area contributed by atoms with Gasteiger partial charge in [-0.3, -0.25) is 0 Å². The molecule has 0 atom stereocenters. The fourth-order valence-electron chi connectivity index (χ4n) is 17.5. The van der Waals surface area contributed by atoms with Crippen LogP contribution in [0, 0.1) is 32.6 Å². The van der Waals surface area contributed by atoms with Crippen LogP contribution in [0.5, 0.6) is 34.5 Å². The van der Waals surface area contributed by atoms with Crippen molar-refractivity contribution in [3.63, 3.8) is 0 Å². The first-order valence-electron chi connectivity index (χ1n) is 42.1. The van der Waals surface area contributed by atoms with Crippen LogP contribution < -0.4 is 43.1 Å². The zero-order valence-corrected chi connectivity index (χ0v) is 69.9. The molecule has 6 fully saturated rings. The number of hydrogen-bond donors (Lipinski definition) is 1. The highest BCUT2D eigenvalue weighted by atomic mass is 16.5. The molecule has 15 rings (SSSR count). The molecule has 0 aliphatic carbocycles. The lowest BCUT2D eigenvalue weighted by Gasteiger charge is -2.37. The van der Waals surface area contributed by atoms with E-state index in [1.165, 1.54) is 141 Å². The zero-order valence-electron chi connectivity index (χ0n) is 69.9. The van der Waals surface area contributed by atoms with Crippen LogP contribution in [0.15, 0.2) is 93.8 Å². The van der Waals surface area contributed by atoms with Gasteiger partial charge in [-0.05, 0) is 295 Å². The highest BCUT2D eigenvalue weighted by molar-refractivity contribution is 5.98. The van der Waals surface area contributed by atoms with E-state index in [4.69, 9.17) is 52.2 Å². The van der Waals surface area contributed by atoms with Crippen molar-refractivity contribution in [3.8, 4) is 68.6 Å². The minimum atomic E-state index is 0.481. The molecular formula is C91H129N13O8. The van der Waals surface area contributed by atoms with Crippen molar-refractivity contribution in [3.05, 3.63) is 108 Å². The van der Waals surface area contributed by atoms with Gasteiger partial charge in [-0.15, -0.1) is 0 Å². The van der Waals surface area contributed by atoms with E-state index in [0.717, 1.165) is 214 Å². The van der Waals surface area contributed by atoms with Crippen LogP contribution in [-0.2, 0) is 6.42 Å². The zero-order chi connectivity index (χ0) is 78.2. The van der Waals surface area contributed by atoms with Gasteiger partial charge in [-0.2, -0.15) is 0 Å².